The van der Waals surface area contributed by atoms with Gasteiger partial charge in [0.2, 0.25) is 5.82 Å². The summed E-state index contributed by atoms with van der Waals surface area (Å²) in [5, 5.41) is 25.0. The number of nitrogens with one attached hydrogen (secondary N) is 1. The number of aliphatic hydroxyl groups excluding tert-OH is 1. The van der Waals surface area contributed by atoms with Crippen LogP contribution in [0.15, 0.2) is 24.3 Å². The number of benzene rings is 1. The lowest BCUT2D eigenvalue weighted by molar-refractivity contribution is 0.0561. The van der Waals surface area contributed by atoms with E-state index in [1.54, 1.807) is 0 Å². The highest BCUT2D eigenvalue weighted by Crippen LogP contribution is 2.44. The van der Waals surface area contributed by atoms with Gasteiger partial charge in [-0.25, -0.2) is 0 Å². The molecule has 2 heterocycles. The fourth-order valence-corrected chi connectivity index (χ4v) is 5.88. The third kappa shape index (κ3) is 4.75. The molecule has 0 saturated carbocycles. The van der Waals surface area contributed by atoms with E-state index in [0.717, 1.165) is 36.8 Å². The van der Waals surface area contributed by atoms with Crippen molar-refractivity contribution in [2.75, 3.05) is 0 Å². The molecule has 0 aliphatic heterocycles. The molecule has 1 aromatic carbocycles. The highest BCUT2D eigenvalue weighted by molar-refractivity contribution is 7.12. The molecule has 168 valence electrons. The molecule has 0 amide bonds. The lowest BCUT2D eigenvalue weighted by atomic mass is 9.74. The van der Waals surface area contributed by atoms with Crippen LogP contribution >= 0.6 is 11.3 Å². The van der Waals surface area contributed by atoms with E-state index < -0.39 is 0 Å². The third-order valence-electron chi connectivity index (χ3n) is 6.71. The van der Waals surface area contributed by atoms with Crippen LogP contribution in [0.3, 0.4) is 0 Å². The average Bonchev–Trinajstić information content (AvgIpc) is 3.37. The Hall–Kier alpha value is -2.05. The number of aromatic amines is 1. The molecule has 31 heavy (non-hydrogen) atoms. The maximum absolute atomic E-state index is 10.5. The number of hydrogen-bond acceptors (Lipinski definition) is 5. The molecule has 2 N–H and O–H groups in total. The molecule has 0 aliphatic carbocycles. The van der Waals surface area contributed by atoms with Crippen LogP contribution in [0.5, 0.6) is 0 Å². The molecule has 0 fully saturated rings. The standard InChI is InChI=1S/C25H36N4OS/c1-8-25(9-2,18-10-11-19(16(3)14-18)23-26-28-29-27-23)22-15-17(4)20(31-22)12-13-21(30)24(5,6)7/h10-11,14-15,21,30H,8-9,12-13H2,1-7H3,(H,26,27,28,29). The summed E-state index contributed by atoms with van der Waals surface area (Å²) in [6, 6.07) is 9.01. The summed E-state index contributed by atoms with van der Waals surface area (Å²) in [5.74, 6) is 0.634. The second kappa shape index (κ2) is 9.21. The van der Waals surface area contributed by atoms with Crippen LogP contribution in [-0.2, 0) is 11.8 Å². The van der Waals surface area contributed by atoms with Crippen LogP contribution in [0.2, 0.25) is 0 Å². The lowest BCUT2D eigenvalue weighted by Gasteiger charge is -2.32. The Labute approximate surface area is 190 Å². The van der Waals surface area contributed by atoms with E-state index in [1.165, 1.54) is 20.9 Å². The van der Waals surface area contributed by atoms with E-state index >= 15 is 0 Å². The molecule has 6 heteroatoms. The lowest BCUT2D eigenvalue weighted by Crippen LogP contribution is -2.26. The molecule has 5 nitrogen and oxygen atoms in total. The van der Waals surface area contributed by atoms with Gasteiger partial charge in [-0.3, -0.25) is 0 Å². The number of tetrazole rings is 1. The monoisotopic (exact) mass is 440 g/mol. The smallest absolute Gasteiger partial charge is 0.204 e. The number of aromatic nitrogens is 4. The minimum absolute atomic E-state index is 0.0170. The van der Waals surface area contributed by atoms with Crippen LogP contribution in [-0.4, -0.2) is 31.8 Å². The first-order chi connectivity index (χ1) is 14.6. The Morgan fingerprint density at radius 2 is 1.77 bits per heavy atom. The zero-order valence-electron chi connectivity index (χ0n) is 19.9. The van der Waals surface area contributed by atoms with Crippen molar-refractivity contribution in [3.05, 3.63) is 50.7 Å². The van der Waals surface area contributed by atoms with Crippen LogP contribution in [0, 0.1) is 19.3 Å². The number of hydrogen-bond donors (Lipinski definition) is 2. The Balaban J connectivity index is 1.94. The van der Waals surface area contributed by atoms with Gasteiger partial charge in [-0.1, -0.05) is 52.8 Å². The van der Waals surface area contributed by atoms with Crippen molar-refractivity contribution in [2.45, 2.75) is 85.7 Å². The predicted octanol–water partition coefficient (Wildman–Crippen LogP) is 5.99. The SMILES string of the molecule is CCC(CC)(c1ccc(-c2nn[nH]n2)c(C)c1)c1cc(C)c(CCC(O)C(C)(C)C)s1. The summed E-state index contributed by atoms with van der Waals surface area (Å²) in [6.45, 7) is 15.2. The van der Waals surface area contributed by atoms with Crippen LogP contribution in [0.4, 0.5) is 0 Å². The molecule has 0 bridgehead atoms. The maximum Gasteiger partial charge on any atom is 0.204 e. The Morgan fingerprint density at radius 3 is 2.32 bits per heavy atom. The third-order valence-corrected chi connectivity index (χ3v) is 8.21. The van der Waals surface area contributed by atoms with E-state index in [1.807, 2.05) is 11.3 Å². The van der Waals surface area contributed by atoms with Crippen LogP contribution < -0.4 is 0 Å². The number of H-pyrrole nitrogens is 1. The second-order valence-electron chi connectivity index (χ2n) is 9.69. The van der Waals surface area contributed by atoms with Crippen molar-refractivity contribution in [3.8, 4) is 11.4 Å². The number of rotatable bonds is 8. The van der Waals surface area contributed by atoms with Gasteiger partial charge in [0.05, 0.1) is 6.10 Å². The minimum Gasteiger partial charge on any atom is -0.393 e. The molecular weight excluding hydrogens is 404 g/mol. The molecule has 1 atom stereocenters. The van der Waals surface area contributed by atoms with Gasteiger partial charge in [0.15, 0.2) is 0 Å². The summed E-state index contributed by atoms with van der Waals surface area (Å²) < 4.78 is 0. The Kier molecular flexibility index (Phi) is 7.01. The fourth-order valence-electron chi connectivity index (χ4n) is 4.34. The van der Waals surface area contributed by atoms with Gasteiger partial charge in [-0.15, -0.1) is 21.5 Å². The van der Waals surface area contributed by atoms with E-state index in [2.05, 4.69) is 93.4 Å². The minimum atomic E-state index is -0.292. The quantitative estimate of drug-likeness (QED) is 0.451. The van der Waals surface area contributed by atoms with Crippen molar-refractivity contribution in [1.82, 2.24) is 20.6 Å². The Morgan fingerprint density at radius 1 is 1.06 bits per heavy atom. The first-order valence-electron chi connectivity index (χ1n) is 11.2. The molecule has 0 radical (unpaired) electrons. The summed E-state index contributed by atoms with van der Waals surface area (Å²) in [6.07, 6.45) is 3.51. The Bertz CT molecular complexity index is 997. The van der Waals surface area contributed by atoms with Gasteiger partial charge < -0.3 is 5.11 Å². The van der Waals surface area contributed by atoms with Crippen molar-refractivity contribution in [1.29, 1.82) is 0 Å². The molecule has 3 aromatic rings. The van der Waals surface area contributed by atoms with Gasteiger partial charge in [0.25, 0.3) is 0 Å². The molecule has 3 rings (SSSR count). The predicted molar refractivity (Wildman–Crippen MR) is 129 cm³/mol. The van der Waals surface area contributed by atoms with Gasteiger partial charge in [0, 0.05) is 20.7 Å². The van der Waals surface area contributed by atoms with Crippen molar-refractivity contribution in [2.24, 2.45) is 5.41 Å². The van der Waals surface area contributed by atoms with Crippen LogP contribution in [0.1, 0.15) is 80.3 Å². The highest BCUT2D eigenvalue weighted by Gasteiger charge is 2.33. The van der Waals surface area contributed by atoms with Gasteiger partial charge in [-0.05, 0) is 72.9 Å². The summed E-state index contributed by atoms with van der Waals surface area (Å²) in [5.41, 5.74) is 4.75. The van der Waals surface area contributed by atoms with Crippen molar-refractivity contribution < 1.29 is 5.11 Å². The largest absolute Gasteiger partial charge is 0.393 e. The van der Waals surface area contributed by atoms with Crippen molar-refractivity contribution in [3.63, 3.8) is 0 Å². The first-order valence-corrected chi connectivity index (χ1v) is 12.1. The number of aryl methyl sites for hydroxylation is 3. The van der Waals surface area contributed by atoms with Gasteiger partial charge >= 0.3 is 0 Å². The highest BCUT2D eigenvalue weighted by atomic mass is 32.1. The zero-order valence-corrected chi connectivity index (χ0v) is 20.7. The zero-order chi connectivity index (χ0) is 22.8. The normalized spacial score (nSPS) is 13.5. The molecule has 0 aliphatic rings. The van der Waals surface area contributed by atoms with Gasteiger partial charge in [-0.2, -0.15) is 5.21 Å². The number of nitrogens with zero attached hydrogens (tertiary/aromatic N) is 3. The number of thiophene rings is 1. The molecule has 0 spiro atoms. The second-order valence-corrected chi connectivity index (χ2v) is 10.8. The topological polar surface area (TPSA) is 74.7 Å². The average molecular weight is 441 g/mol. The molecule has 1 unspecified atom stereocenters. The van der Waals surface area contributed by atoms with E-state index in [9.17, 15) is 5.11 Å². The van der Waals surface area contributed by atoms with Crippen LogP contribution in [0.25, 0.3) is 11.4 Å². The first kappa shape index (κ1) is 23.6. The fraction of sp³-hybridized carbons (Fsp3) is 0.560. The van der Waals surface area contributed by atoms with E-state index in [4.69, 9.17) is 0 Å². The summed E-state index contributed by atoms with van der Waals surface area (Å²) in [7, 11) is 0. The van der Waals surface area contributed by atoms with E-state index in [0.29, 0.717) is 5.82 Å². The number of aliphatic hydroxyl groups is 1. The van der Waals surface area contributed by atoms with Crippen molar-refractivity contribution >= 4 is 11.3 Å². The molecule has 2 aromatic heterocycles. The summed E-state index contributed by atoms with van der Waals surface area (Å²) in [4.78, 5) is 2.81. The molecular formula is C25H36N4OS. The summed E-state index contributed by atoms with van der Waals surface area (Å²) >= 11 is 1.92. The maximum atomic E-state index is 10.5. The molecule has 0 saturated heterocycles. The van der Waals surface area contributed by atoms with E-state index in [-0.39, 0.29) is 16.9 Å². The van der Waals surface area contributed by atoms with Gasteiger partial charge in [0.1, 0.15) is 0 Å².